The zero-order valence-corrected chi connectivity index (χ0v) is 11.1. The van der Waals surface area contributed by atoms with Crippen molar-refractivity contribution >= 4 is 0 Å². The Morgan fingerprint density at radius 1 is 1.38 bits per heavy atom. The Hall–Kier alpha value is -0.800. The summed E-state index contributed by atoms with van der Waals surface area (Å²) in [6, 6.07) is 4.09. The summed E-state index contributed by atoms with van der Waals surface area (Å²) in [5.41, 5.74) is 0.177. The molecule has 0 saturated carbocycles. The lowest BCUT2D eigenvalue weighted by molar-refractivity contribution is 0.155. The molecule has 0 aliphatic carbocycles. The first-order chi connectivity index (χ1) is 7.45. The van der Waals surface area contributed by atoms with Crippen LogP contribution in [0.2, 0.25) is 0 Å². The van der Waals surface area contributed by atoms with Crippen molar-refractivity contribution in [2.75, 3.05) is 27.2 Å². The van der Waals surface area contributed by atoms with E-state index in [4.69, 9.17) is 4.42 Å². The number of hydrogen-bond acceptors (Lipinski definition) is 3. The van der Waals surface area contributed by atoms with Crippen LogP contribution in [0.25, 0.3) is 0 Å². The second-order valence-electron chi connectivity index (χ2n) is 5.03. The van der Waals surface area contributed by atoms with Gasteiger partial charge in [-0.1, -0.05) is 0 Å². The van der Waals surface area contributed by atoms with Crippen molar-refractivity contribution in [1.29, 1.82) is 0 Å². The maximum Gasteiger partial charge on any atom is 0.105 e. The van der Waals surface area contributed by atoms with Crippen LogP contribution in [0.5, 0.6) is 0 Å². The lowest BCUT2D eigenvalue weighted by Crippen LogP contribution is -2.48. The third kappa shape index (κ3) is 3.65. The molecule has 1 N–H and O–H groups in total. The van der Waals surface area contributed by atoms with Crippen LogP contribution in [0.4, 0.5) is 0 Å². The zero-order chi connectivity index (χ0) is 12.2. The molecule has 0 bridgehead atoms. The van der Waals surface area contributed by atoms with Gasteiger partial charge in [-0.2, -0.15) is 0 Å². The molecule has 3 nitrogen and oxygen atoms in total. The number of nitrogens with zero attached hydrogens (tertiary/aromatic N) is 1. The highest BCUT2D eigenvalue weighted by atomic mass is 16.3. The van der Waals surface area contributed by atoms with Gasteiger partial charge in [-0.25, -0.2) is 0 Å². The SMILES string of the molecule is CNCC(C)(C)N(C)CCc1ccc(C)o1. The molecule has 16 heavy (non-hydrogen) atoms. The van der Waals surface area contributed by atoms with Crippen LogP contribution in [0.15, 0.2) is 16.5 Å². The van der Waals surface area contributed by atoms with E-state index >= 15 is 0 Å². The Bertz CT molecular complexity index is 317. The summed E-state index contributed by atoms with van der Waals surface area (Å²) in [4.78, 5) is 2.36. The summed E-state index contributed by atoms with van der Waals surface area (Å²) < 4.78 is 5.56. The molecule has 1 rings (SSSR count). The van der Waals surface area contributed by atoms with Gasteiger partial charge in [-0.15, -0.1) is 0 Å². The molecule has 0 saturated heterocycles. The number of likely N-dealkylation sites (N-methyl/N-ethyl adjacent to an activating group) is 2. The molecule has 0 radical (unpaired) electrons. The molecule has 0 atom stereocenters. The first-order valence-electron chi connectivity index (χ1n) is 5.87. The van der Waals surface area contributed by atoms with Crippen LogP contribution in [-0.2, 0) is 6.42 Å². The van der Waals surface area contributed by atoms with Crippen molar-refractivity contribution in [1.82, 2.24) is 10.2 Å². The number of hydrogen-bond donors (Lipinski definition) is 1. The third-order valence-corrected chi connectivity index (χ3v) is 3.13. The number of furan rings is 1. The highest BCUT2D eigenvalue weighted by Crippen LogP contribution is 2.13. The van der Waals surface area contributed by atoms with E-state index in [1.807, 2.05) is 20.0 Å². The van der Waals surface area contributed by atoms with Crippen molar-refractivity contribution in [3.8, 4) is 0 Å². The molecule has 0 fully saturated rings. The summed E-state index contributed by atoms with van der Waals surface area (Å²) in [5, 5.41) is 3.23. The van der Waals surface area contributed by atoms with Gasteiger partial charge in [0.1, 0.15) is 11.5 Å². The Morgan fingerprint density at radius 3 is 2.56 bits per heavy atom. The molecule has 0 aromatic carbocycles. The van der Waals surface area contributed by atoms with E-state index in [0.717, 1.165) is 31.0 Å². The van der Waals surface area contributed by atoms with E-state index in [2.05, 4.69) is 37.2 Å². The van der Waals surface area contributed by atoms with Crippen molar-refractivity contribution in [3.63, 3.8) is 0 Å². The van der Waals surface area contributed by atoms with Crippen LogP contribution >= 0.6 is 0 Å². The van der Waals surface area contributed by atoms with E-state index < -0.39 is 0 Å². The van der Waals surface area contributed by atoms with E-state index in [-0.39, 0.29) is 5.54 Å². The maximum atomic E-state index is 5.56. The first-order valence-corrected chi connectivity index (χ1v) is 5.87. The van der Waals surface area contributed by atoms with Crippen LogP contribution in [-0.4, -0.2) is 37.6 Å². The number of aryl methyl sites for hydroxylation is 1. The Morgan fingerprint density at radius 2 is 2.06 bits per heavy atom. The van der Waals surface area contributed by atoms with Gasteiger partial charge in [-0.05, 0) is 47.0 Å². The lowest BCUT2D eigenvalue weighted by atomic mass is 10.0. The van der Waals surface area contributed by atoms with Crippen LogP contribution in [0.1, 0.15) is 25.4 Å². The molecule has 0 spiro atoms. The molecular formula is C13H24N2O. The first kappa shape index (κ1) is 13.3. The zero-order valence-electron chi connectivity index (χ0n) is 11.1. The van der Waals surface area contributed by atoms with Crippen LogP contribution in [0.3, 0.4) is 0 Å². The van der Waals surface area contributed by atoms with E-state index in [1.54, 1.807) is 0 Å². The quantitative estimate of drug-likeness (QED) is 0.802. The smallest absolute Gasteiger partial charge is 0.105 e. The normalized spacial score (nSPS) is 12.4. The Labute approximate surface area is 98.8 Å². The average molecular weight is 224 g/mol. The summed E-state index contributed by atoms with van der Waals surface area (Å²) in [6.07, 6.45) is 0.970. The van der Waals surface area contributed by atoms with Gasteiger partial charge in [0.25, 0.3) is 0 Å². The van der Waals surface area contributed by atoms with Gasteiger partial charge in [0.2, 0.25) is 0 Å². The molecule has 1 aromatic heterocycles. The number of rotatable bonds is 6. The summed E-state index contributed by atoms with van der Waals surface area (Å²) in [5.74, 6) is 2.07. The minimum absolute atomic E-state index is 0.177. The molecule has 92 valence electrons. The van der Waals surface area contributed by atoms with Crippen LogP contribution < -0.4 is 5.32 Å². The van der Waals surface area contributed by atoms with Gasteiger partial charge in [-0.3, -0.25) is 4.90 Å². The topological polar surface area (TPSA) is 28.4 Å². The minimum Gasteiger partial charge on any atom is -0.466 e. The van der Waals surface area contributed by atoms with Crippen molar-refractivity contribution < 1.29 is 4.42 Å². The summed E-state index contributed by atoms with van der Waals surface area (Å²) in [7, 11) is 4.15. The van der Waals surface area contributed by atoms with E-state index in [0.29, 0.717) is 0 Å². The predicted molar refractivity (Wildman–Crippen MR) is 67.8 cm³/mol. The predicted octanol–water partition coefficient (Wildman–Crippen LogP) is 2.06. The standard InChI is InChI=1S/C13H24N2O/c1-11-6-7-12(16-11)8-9-15(5)13(2,3)10-14-4/h6-7,14H,8-10H2,1-5H3. The molecule has 0 aliphatic rings. The fourth-order valence-electron chi connectivity index (χ4n) is 1.77. The molecule has 0 aliphatic heterocycles. The highest BCUT2D eigenvalue weighted by Gasteiger charge is 2.22. The molecule has 0 amide bonds. The van der Waals surface area contributed by atoms with Gasteiger partial charge in [0.15, 0.2) is 0 Å². The minimum atomic E-state index is 0.177. The van der Waals surface area contributed by atoms with Crippen molar-refractivity contribution in [3.05, 3.63) is 23.7 Å². The van der Waals surface area contributed by atoms with Gasteiger partial charge in [0, 0.05) is 25.0 Å². The summed E-state index contributed by atoms with van der Waals surface area (Å²) in [6.45, 7) is 8.48. The van der Waals surface area contributed by atoms with E-state index in [9.17, 15) is 0 Å². The second-order valence-corrected chi connectivity index (χ2v) is 5.03. The molecular weight excluding hydrogens is 200 g/mol. The highest BCUT2D eigenvalue weighted by molar-refractivity contribution is 5.05. The molecule has 3 heteroatoms. The van der Waals surface area contributed by atoms with Gasteiger partial charge >= 0.3 is 0 Å². The van der Waals surface area contributed by atoms with Gasteiger partial charge in [0.05, 0.1) is 0 Å². The third-order valence-electron chi connectivity index (χ3n) is 3.13. The molecule has 0 unspecified atom stereocenters. The fraction of sp³-hybridized carbons (Fsp3) is 0.692. The Kier molecular flexibility index (Phi) is 4.56. The maximum absolute atomic E-state index is 5.56. The van der Waals surface area contributed by atoms with E-state index in [1.165, 1.54) is 0 Å². The molecule has 1 aromatic rings. The lowest BCUT2D eigenvalue weighted by Gasteiger charge is -2.35. The number of nitrogens with one attached hydrogen (secondary N) is 1. The summed E-state index contributed by atoms with van der Waals surface area (Å²) >= 11 is 0. The monoisotopic (exact) mass is 224 g/mol. The van der Waals surface area contributed by atoms with Gasteiger partial charge < -0.3 is 9.73 Å². The Balaban J connectivity index is 2.43. The van der Waals surface area contributed by atoms with Crippen LogP contribution in [0, 0.1) is 6.92 Å². The van der Waals surface area contributed by atoms with Crippen molar-refractivity contribution in [2.45, 2.75) is 32.7 Å². The fourth-order valence-corrected chi connectivity index (χ4v) is 1.77. The molecule has 1 heterocycles. The largest absolute Gasteiger partial charge is 0.466 e. The average Bonchev–Trinajstić information content (AvgIpc) is 2.60. The van der Waals surface area contributed by atoms with Crippen molar-refractivity contribution in [2.24, 2.45) is 0 Å². The second kappa shape index (κ2) is 5.51.